The fourth-order valence-electron chi connectivity index (χ4n) is 5.96. The number of pyridine rings is 2. The van der Waals surface area contributed by atoms with E-state index in [-0.39, 0.29) is 0 Å². The molecule has 1 atom stereocenters. The van der Waals surface area contributed by atoms with Crippen molar-refractivity contribution in [2.45, 2.75) is 0 Å². The van der Waals surface area contributed by atoms with Crippen LogP contribution in [0.1, 0.15) is 0 Å². The van der Waals surface area contributed by atoms with E-state index in [2.05, 4.69) is 70.0 Å². The van der Waals surface area contributed by atoms with Gasteiger partial charge in [0.25, 0.3) is 0 Å². The van der Waals surface area contributed by atoms with Crippen molar-refractivity contribution in [3.8, 4) is 0 Å². The quantitative estimate of drug-likeness (QED) is 0.144. The number of hydrogen-bond acceptors (Lipinski definition) is 3. The van der Waals surface area contributed by atoms with Crippen molar-refractivity contribution in [1.82, 2.24) is 14.4 Å². The van der Waals surface area contributed by atoms with Gasteiger partial charge in [-0.1, -0.05) is 78.9 Å². The topological polar surface area (TPSA) is 47.3 Å². The average Bonchev–Trinajstić information content (AvgIpc) is 3.41. The normalized spacial score (nSPS) is 13.4. The molecule has 0 fully saturated rings. The molecule has 3 heterocycles. The Morgan fingerprint density at radius 2 is 1.28 bits per heavy atom. The summed E-state index contributed by atoms with van der Waals surface area (Å²) in [6.07, 6.45) is 3.44. The van der Waals surface area contributed by atoms with Gasteiger partial charge in [0.05, 0.1) is 16.6 Å². The van der Waals surface area contributed by atoms with E-state index < -0.39 is 7.14 Å². The minimum atomic E-state index is -3.19. The van der Waals surface area contributed by atoms with E-state index in [0.29, 0.717) is 0 Å². The van der Waals surface area contributed by atoms with Crippen molar-refractivity contribution in [2.24, 2.45) is 0 Å². The number of rotatable bonds is 3. The second-order valence-electron chi connectivity index (χ2n) is 9.82. The summed E-state index contributed by atoms with van der Waals surface area (Å²) in [6, 6.07) is 40.9. The van der Waals surface area contributed by atoms with E-state index in [1.54, 1.807) is 12.4 Å². The van der Waals surface area contributed by atoms with Crippen molar-refractivity contribution in [1.29, 1.82) is 0 Å². The summed E-state index contributed by atoms with van der Waals surface area (Å²) in [5.41, 5.74) is 4.09. The highest BCUT2D eigenvalue weighted by Crippen LogP contribution is 2.45. The van der Waals surface area contributed by atoms with E-state index in [4.69, 9.17) is 4.98 Å². The van der Waals surface area contributed by atoms with Crippen molar-refractivity contribution in [2.75, 3.05) is 0 Å². The minimum absolute atomic E-state index is 0.774. The van der Waals surface area contributed by atoms with Crippen LogP contribution in [0, 0.1) is 0 Å². The van der Waals surface area contributed by atoms with Crippen LogP contribution >= 0.6 is 7.14 Å². The van der Waals surface area contributed by atoms with Crippen LogP contribution in [0.15, 0.2) is 134 Å². The number of imidazole rings is 1. The van der Waals surface area contributed by atoms with Gasteiger partial charge in [-0.2, -0.15) is 0 Å². The van der Waals surface area contributed by atoms with Crippen LogP contribution in [-0.4, -0.2) is 14.4 Å². The first-order valence-corrected chi connectivity index (χ1v) is 14.7. The number of hydrogen-bond donors (Lipinski definition) is 0. The van der Waals surface area contributed by atoms with Crippen LogP contribution in [0.3, 0.4) is 0 Å². The Bertz CT molecular complexity index is 2210. The molecule has 39 heavy (non-hydrogen) atoms. The number of benzene rings is 5. The zero-order valence-electron chi connectivity index (χ0n) is 20.9. The molecule has 0 aliphatic rings. The van der Waals surface area contributed by atoms with Crippen LogP contribution in [0.4, 0.5) is 0 Å². The molecule has 0 spiro atoms. The molecule has 184 valence electrons. The first kappa shape index (κ1) is 22.2. The molecule has 5 aromatic carbocycles. The predicted molar refractivity (Wildman–Crippen MR) is 162 cm³/mol. The van der Waals surface area contributed by atoms with Gasteiger partial charge in [-0.3, -0.25) is 9.38 Å². The highest BCUT2D eigenvalue weighted by atomic mass is 31.2. The standard InChI is InChI=1S/C34H22N3OP/c38-39(24-10-2-1-3-11-24,25-17-19-35-20-18-25)33-16-8-9-23-21-29-28(22-27(23)33)26-12-4-6-14-31(26)37-32-15-7-5-13-30(32)36-34(29)37/h1-22H. The van der Waals surface area contributed by atoms with Crippen LogP contribution in [-0.2, 0) is 4.57 Å². The zero-order chi connectivity index (χ0) is 26.0. The Balaban J connectivity index is 1.54. The lowest BCUT2D eigenvalue weighted by molar-refractivity contribution is 0.592. The third-order valence-electron chi connectivity index (χ3n) is 7.72. The van der Waals surface area contributed by atoms with Gasteiger partial charge >= 0.3 is 0 Å². The molecule has 8 rings (SSSR count). The van der Waals surface area contributed by atoms with E-state index in [0.717, 1.165) is 65.0 Å². The third-order valence-corrected chi connectivity index (χ3v) is 10.8. The maximum atomic E-state index is 15.3. The Labute approximate surface area is 224 Å². The van der Waals surface area contributed by atoms with Crippen LogP contribution in [0.2, 0.25) is 0 Å². The second kappa shape index (κ2) is 8.36. The monoisotopic (exact) mass is 519 g/mol. The molecule has 0 amide bonds. The fourth-order valence-corrected chi connectivity index (χ4v) is 8.79. The van der Waals surface area contributed by atoms with Crippen molar-refractivity contribution in [3.63, 3.8) is 0 Å². The third kappa shape index (κ3) is 3.16. The molecule has 5 heteroatoms. The van der Waals surface area contributed by atoms with Gasteiger partial charge in [0.1, 0.15) is 5.65 Å². The van der Waals surface area contributed by atoms with Gasteiger partial charge in [-0.15, -0.1) is 0 Å². The molecule has 0 N–H and O–H groups in total. The van der Waals surface area contributed by atoms with E-state index in [9.17, 15) is 0 Å². The maximum absolute atomic E-state index is 15.3. The summed E-state index contributed by atoms with van der Waals surface area (Å²) in [4.78, 5) is 9.27. The van der Waals surface area contributed by atoms with Crippen molar-refractivity contribution < 1.29 is 4.57 Å². The van der Waals surface area contributed by atoms with Gasteiger partial charge in [-0.05, 0) is 58.6 Å². The molecule has 0 aliphatic carbocycles. The molecule has 0 saturated heterocycles. The highest BCUT2D eigenvalue weighted by molar-refractivity contribution is 7.85. The number of fused-ring (bicyclic) bond motifs is 9. The summed E-state index contributed by atoms with van der Waals surface area (Å²) in [7, 11) is -3.19. The lowest BCUT2D eigenvalue weighted by Crippen LogP contribution is -2.25. The summed E-state index contributed by atoms with van der Waals surface area (Å²) >= 11 is 0. The molecule has 1 unspecified atom stereocenters. The Morgan fingerprint density at radius 1 is 0.564 bits per heavy atom. The summed E-state index contributed by atoms with van der Waals surface area (Å²) < 4.78 is 17.6. The van der Waals surface area contributed by atoms with Crippen molar-refractivity contribution >= 4 is 72.2 Å². The summed E-state index contributed by atoms with van der Waals surface area (Å²) in [6.45, 7) is 0. The largest absolute Gasteiger partial charge is 0.309 e. The minimum Gasteiger partial charge on any atom is -0.309 e. The lowest BCUT2D eigenvalue weighted by atomic mass is 10.0. The zero-order valence-corrected chi connectivity index (χ0v) is 21.8. The molecule has 3 aromatic heterocycles. The number of nitrogens with zero attached hydrogens (tertiary/aromatic N) is 3. The van der Waals surface area contributed by atoms with E-state index in [1.807, 2.05) is 60.7 Å². The van der Waals surface area contributed by atoms with Crippen molar-refractivity contribution in [3.05, 3.63) is 134 Å². The van der Waals surface area contributed by atoms with Gasteiger partial charge < -0.3 is 4.57 Å². The van der Waals surface area contributed by atoms with Gasteiger partial charge in [0, 0.05) is 39.1 Å². The first-order chi connectivity index (χ1) is 19.2. The SMILES string of the molecule is O=P(c1ccccc1)(c1ccncc1)c1cccc2cc3c(cc12)c1ccccc1n1c2ccccc2nc31. The summed E-state index contributed by atoms with van der Waals surface area (Å²) in [5, 5.41) is 7.75. The van der Waals surface area contributed by atoms with Gasteiger partial charge in [0.2, 0.25) is 0 Å². The van der Waals surface area contributed by atoms with E-state index >= 15 is 4.57 Å². The molecule has 0 bridgehead atoms. The fraction of sp³-hybridized carbons (Fsp3) is 0. The number of para-hydroxylation sites is 3. The Hall–Kier alpha value is -4.79. The molecule has 0 aliphatic heterocycles. The Morgan fingerprint density at radius 3 is 2.13 bits per heavy atom. The molecule has 0 saturated carbocycles. The average molecular weight is 520 g/mol. The second-order valence-corrected chi connectivity index (χ2v) is 12.6. The molecule has 0 radical (unpaired) electrons. The van der Waals surface area contributed by atoms with Gasteiger partial charge in [-0.25, -0.2) is 4.98 Å². The smallest absolute Gasteiger partial charge is 0.171 e. The molecular formula is C34H22N3OP. The summed E-state index contributed by atoms with van der Waals surface area (Å²) in [5.74, 6) is 0. The van der Waals surface area contributed by atoms with Crippen LogP contribution < -0.4 is 15.9 Å². The van der Waals surface area contributed by atoms with E-state index in [1.165, 1.54) is 0 Å². The number of aromatic nitrogens is 3. The molecule has 4 nitrogen and oxygen atoms in total. The molecular weight excluding hydrogens is 497 g/mol. The Kier molecular flexibility index (Phi) is 4.76. The molecule has 8 aromatic rings. The maximum Gasteiger partial charge on any atom is 0.171 e. The first-order valence-electron chi connectivity index (χ1n) is 12.9. The highest BCUT2D eigenvalue weighted by Gasteiger charge is 2.31. The predicted octanol–water partition coefficient (Wildman–Crippen LogP) is 6.98. The van der Waals surface area contributed by atoms with Gasteiger partial charge in [0.15, 0.2) is 7.14 Å². The van der Waals surface area contributed by atoms with Crippen LogP contribution in [0.5, 0.6) is 0 Å². The lowest BCUT2D eigenvalue weighted by Gasteiger charge is -2.22. The van der Waals surface area contributed by atoms with Crippen LogP contribution in [0.25, 0.3) is 49.1 Å².